The predicted octanol–water partition coefficient (Wildman–Crippen LogP) is 3.18. The number of fused-ring (bicyclic) bond motifs is 1. The Hall–Kier alpha value is -3.92. The number of aromatic nitrogens is 6. The van der Waals surface area contributed by atoms with Gasteiger partial charge in [-0.15, -0.1) is 5.10 Å². The van der Waals surface area contributed by atoms with Crippen LogP contribution in [0.25, 0.3) is 10.9 Å². The molecule has 4 aromatic rings. The van der Waals surface area contributed by atoms with Gasteiger partial charge in [0.25, 0.3) is 5.56 Å². The Kier molecular flexibility index (Phi) is 7.84. The topological polar surface area (TPSA) is 119 Å². The maximum absolute atomic E-state index is 13.1. The lowest BCUT2D eigenvalue weighted by Crippen LogP contribution is -2.35. The van der Waals surface area contributed by atoms with E-state index in [1.54, 1.807) is 19.3 Å². The highest BCUT2D eigenvalue weighted by Gasteiger charge is 2.30. The van der Waals surface area contributed by atoms with Crippen molar-refractivity contribution >= 4 is 16.9 Å². The molecule has 0 unspecified atom stereocenters. The second-order valence-electron chi connectivity index (χ2n) is 9.12. The number of pyridine rings is 2. The molecule has 0 radical (unpaired) electrons. The number of nitrogens with one attached hydrogen (secondary N) is 1. The van der Waals surface area contributed by atoms with Crippen molar-refractivity contribution in [3.8, 4) is 0 Å². The largest absolute Gasteiger partial charge is 0.465 e. The number of hydrogen-bond donors (Lipinski definition) is 1. The molecule has 0 bridgehead atoms. The zero-order chi connectivity index (χ0) is 25.7. The second-order valence-corrected chi connectivity index (χ2v) is 9.12. The molecule has 0 saturated carbocycles. The van der Waals surface area contributed by atoms with Gasteiger partial charge in [-0.3, -0.25) is 19.5 Å². The van der Waals surface area contributed by atoms with E-state index >= 15 is 0 Å². The monoisotopic (exact) mass is 489 g/mol. The molecule has 10 nitrogen and oxygen atoms in total. The Bertz CT molecular complexity index is 1380. The first kappa shape index (κ1) is 25.2. The number of carbonyl (C=O) groups excluding carboxylic acids is 1. The molecule has 0 aliphatic rings. The van der Waals surface area contributed by atoms with Gasteiger partial charge in [0.1, 0.15) is 6.54 Å². The van der Waals surface area contributed by atoms with Gasteiger partial charge in [0.2, 0.25) is 0 Å². The zero-order valence-corrected chi connectivity index (χ0v) is 21.0. The number of carbonyl (C=O) groups is 1. The summed E-state index contributed by atoms with van der Waals surface area (Å²) >= 11 is 0. The van der Waals surface area contributed by atoms with Gasteiger partial charge in [-0.1, -0.05) is 38.1 Å². The van der Waals surface area contributed by atoms with Crippen LogP contribution < -0.4 is 5.56 Å². The molecule has 0 aliphatic heterocycles. The summed E-state index contributed by atoms with van der Waals surface area (Å²) in [5.41, 5.74) is 3.33. The lowest BCUT2D eigenvalue weighted by Gasteiger charge is -2.33. The molecule has 36 heavy (non-hydrogen) atoms. The zero-order valence-electron chi connectivity index (χ0n) is 21.0. The van der Waals surface area contributed by atoms with E-state index in [9.17, 15) is 9.59 Å². The third kappa shape index (κ3) is 5.65. The van der Waals surface area contributed by atoms with Crippen LogP contribution in [0.5, 0.6) is 0 Å². The van der Waals surface area contributed by atoms with Crippen molar-refractivity contribution in [2.75, 3.05) is 6.61 Å². The Balaban J connectivity index is 1.75. The molecule has 3 heterocycles. The van der Waals surface area contributed by atoms with Crippen LogP contribution >= 0.6 is 0 Å². The molecule has 0 spiro atoms. The molecule has 1 atom stereocenters. The van der Waals surface area contributed by atoms with Crippen molar-refractivity contribution in [1.29, 1.82) is 0 Å². The lowest BCUT2D eigenvalue weighted by atomic mass is 9.99. The number of esters is 1. The highest BCUT2D eigenvalue weighted by atomic mass is 16.5. The summed E-state index contributed by atoms with van der Waals surface area (Å²) in [5.74, 6) is 0.194. The lowest BCUT2D eigenvalue weighted by molar-refractivity contribution is -0.144. The first-order chi connectivity index (χ1) is 17.4. The molecule has 0 saturated heterocycles. The van der Waals surface area contributed by atoms with Crippen LogP contribution in [0, 0.1) is 12.8 Å². The number of para-hydroxylation sites is 1. The highest BCUT2D eigenvalue weighted by Crippen LogP contribution is 2.30. The first-order valence-corrected chi connectivity index (χ1v) is 12.0. The number of hydrogen-bond acceptors (Lipinski definition) is 8. The van der Waals surface area contributed by atoms with E-state index in [2.05, 4.69) is 44.2 Å². The summed E-state index contributed by atoms with van der Waals surface area (Å²) in [7, 11) is 0. The van der Waals surface area contributed by atoms with E-state index in [0.717, 1.165) is 22.0 Å². The first-order valence-electron chi connectivity index (χ1n) is 12.0. The quantitative estimate of drug-likeness (QED) is 0.337. The van der Waals surface area contributed by atoms with Crippen molar-refractivity contribution in [2.45, 2.75) is 53.4 Å². The Labute approximate surface area is 209 Å². The number of benzene rings is 1. The van der Waals surface area contributed by atoms with Gasteiger partial charge in [-0.05, 0) is 58.8 Å². The van der Waals surface area contributed by atoms with Crippen LogP contribution in [0.3, 0.4) is 0 Å². The van der Waals surface area contributed by atoms with Gasteiger partial charge < -0.3 is 9.72 Å². The molecule has 1 aromatic carbocycles. The van der Waals surface area contributed by atoms with Crippen LogP contribution in [0.1, 0.15) is 49.3 Å². The van der Waals surface area contributed by atoms with Gasteiger partial charge in [-0.25, -0.2) is 4.68 Å². The average Bonchev–Trinajstić information content (AvgIpc) is 3.28. The summed E-state index contributed by atoms with van der Waals surface area (Å²) in [6.07, 6.45) is 3.53. The summed E-state index contributed by atoms with van der Waals surface area (Å²) in [6, 6.07) is 11.5. The van der Waals surface area contributed by atoms with Crippen LogP contribution in [-0.4, -0.2) is 47.7 Å². The van der Waals surface area contributed by atoms with Crippen molar-refractivity contribution in [1.82, 2.24) is 35.1 Å². The number of ether oxygens (including phenoxy) is 1. The number of nitrogens with zero attached hydrogens (tertiary/aromatic N) is 6. The van der Waals surface area contributed by atoms with Crippen LogP contribution in [0.15, 0.2) is 53.6 Å². The minimum atomic E-state index is -0.409. The summed E-state index contributed by atoms with van der Waals surface area (Å²) in [4.78, 5) is 34.8. The molecule has 10 heteroatoms. The van der Waals surface area contributed by atoms with Crippen LogP contribution in [0.2, 0.25) is 0 Å². The van der Waals surface area contributed by atoms with Crippen molar-refractivity contribution in [2.24, 2.45) is 5.92 Å². The number of aromatic amines is 1. The third-order valence-corrected chi connectivity index (χ3v) is 6.08. The van der Waals surface area contributed by atoms with Gasteiger partial charge in [-0.2, -0.15) is 0 Å². The maximum atomic E-state index is 13.1. The van der Waals surface area contributed by atoms with Gasteiger partial charge in [0.05, 0.1) is 18.2 Å². The van der Waals surface area contributed by atoms with E-state index in [1.807, 2.05) is 43.3 Å². The predicted molar refractivity (Wildman–Crippen MR) is 135 cm³/mol. The normalized spacial score (nSPS) is 12.4. The standard InChI is InChI=1S/C26H31N7O3/c1-5-36-22(34)16-33-25(29-30-31-33)24(17(2)3)32(14-19-9-7-11-27-13-19)15-21-12-20-10-6-8-18(4)23(20)28-26(21)35/h6-13,17,24H,5,14-16H2,1-4H3,(H,28,35)/t24-/m1/s1. The Morgan fingerprint density at radius 3 is 2.75 bits per heavy atom. The Morgan fingerprint density at radius 1 is 1.19 bits per heavy atom. The van der Waals surface area contributed by atoms with Crippen LogP contribution in [-0.2, 0) is 29.2 Å². The summed E-state index contributed by atoms with van der Waals surface area (Å²) in [5, 5.41) is 13.2. The number of tetrazole rings is 1. The average molecular weight is 490 g/mol. The molecule has 1 N–H and O–H groups in total. The molecular weight excluding hydrogens is 458 g/mol. The highest BCUT2D eigenvalue weighted by molar-refractivity contribution is 5.81. The molecule has 4 rings (SSSR count). The fraction of sp³-hybridized carbons (Fsp3) is 0.385. The van der Waals surface area contributed by atoms with Gasteiger partial charge in [0, 0.05) is 31.0 Å². The molecule has 0 amide bonds. The Morgan fingerprint density at radius 2 is 2.03 bits per heavy atom. The van der Waals surface area contributed by atoms with E-state index in [-0.39, 0.29) is 30.7 Å². The molecular formula is C26H31N7O3. The van der Waals surface area contributed by atoms with Gasteiger partial charge in [0.15, 0.2) is 5.82 Å². The fourth-order valence-corrected chi connectivity index (χ4v) is 4.49. The maximum Gasteiger partial charge on any atom is 0.327 e. The number of H-pyrrole nitrogens is 1. The third-order valence-electron chi connectivity index (χ3n) is 6.08. The molecule has 0 aliphatic carbocycles. The summed E-state index contributed by atoms with van der Waals surface area (Å²) < 4.78 is 6.58. The smallest absolute Gasteiger partial charge is 0.327 e. The second kappa shape index (κ2) is 11.2. The van der Waals surface area contributed by atoms with E-state index in [0.29, 0.717) is 24.5 Å². The van der Waals surface area contributed by atoms with Crippen LogP contribution in [0.4, 0.5) is 0 Å². The fourth-order valence-electron chi connectivity index (χ4n) is 4.49. The minimum absolute atomic E-state index is 0.0652. The molecule has 0 fully saturated rings. The van der Waals surface area contributed by atoms with E-state index < -0.39 is 5.97 Å². The molecule has 3 aromatic heterocycles. The minimum Gasteiger partial charge on any atom is -0.465 e. The molecule has 188 valence electrons. The van der Waals surface area contributed by atoms with Crippen molar-refractivity contribution in [3.05, 3.63) is 81.7 Å². The van der Waals surface area contributed by atoms with E-state index in [1.165, 1.54) is 4.68 Å². The van der Waals surface area contributed by atoms with Gasteiger partial charge >= 0.3 is 5.97 Å². The number of aryl methyl sites for hydroxylation is 1. The van der Waals surface area contributed by atoms with E-state index in [4.69, 9.17) is 4.74 Å². The SMILES string of the molecule is CCOC(=O)Cn1nnnc1[C@@H](C(C)C)N(Cc1cccnc1)Cc1cc2cccc(C)c2[nH]c1=O. The number of rotatable bonds is 10. The summed E-state index contributed by atoms with van der Waals surface area (Å²) in [6.45, 7) is 8.92. The van der Waals surface area contributed by atoms with Crippen molar-refractivity contribution in [3.63, 3.8) is 0 Å². The van der Waals surface area contributed by atoms with Crippen molar-refractivity contribution < 1.29 is 9.53 Å².